The zero-order valence-corrected chi connectivity index (χ0v) is 21.3. The van der Waals surface area contributed by atoms with Gasteiger partial charge in [0.2, 0.25) is 11.1 Å². The maximum absolute atomic E-state index is 13.0. The van der Waals surface area contributed by atoms with E-state index in [4.69, 9.17) is 14.5 Å². The summed E-state index contributed by atoms with van der Waals surface area (Å²) in [6.07, 6.45) is 6.42. The number of rotatable bonds is 9. The molecule has 0 bridgehead atoms. The quantitative estimate of drug-likeness (QED) is 0.392. The molecular weight excluding hydrogens is 460 g/mol. The molecule has 0 saturated heterocycles. The second-order valence-electron chi connectivity index (χ2n) is 8.61. The Morgan fingerprint density at radius 2 is 1.49 bits per heavy atom. The van der Waals surface area contributed by atoms with Gasteiger partial charge in [-0.25, -0.2) is 4.98 Å². The van der Waals surface area contributed by atoms with Crippen LogP contribution < -0.4 is 14.8 Å². The van der Waals surface area contributed by atoms with Crippen molar-refractivity contribution in [3.63, 3.8) is 0 Å². The first-order valence-corrected chi connectivity index (χ1v) is 13.0. The van der Waals surface area contributed by atoms with Crippen LogP contribution in [-0.2, 0) is 4.79 Å². The molecule has 4 rings (SSSR count). The monoisotopic (exact) mass is 492 g/mol. The molecule has 0 radical (unpaired) electrons. The number of amides is 1. The number of thioether (sulfide) groups is 1. The Balaban J connectivity index is 1.62. The number of hydrogen-bond acceptors (Lipinski definition) is 7. The predicted molar refractivity (Wildman–Crippen MR) is 139 cm³/mol. The zero-order valence-electron chi connectivity index (χ0n) is 20.5. The Labute approximate surface area is 211 Å². The van der Waals surface area contributed by atoms with Gasteiger partial charge in [0.25, 0.3) is 0 Å². The van der Waals surface area contributed by atoms with Crippen molar-refractivity contribution in [2.75, 3.05) is 14.2 Å². The minimum absolute atomic E-state index is 0.0539. The first-order valence-electron chi connectivity index (χ1n) is 12.1. The van der Waals surface area contributed by atoms with E-state index < -0.39 is 0 Å². The Morgan fingerprint density at radius 3 is 2.03 bits per heavy atom. The molecule has 1 aliphatic carbocycles. The summed E-state index contributed by atoms with van der Waals surface area (Å²) in [5.74, 6) is 1.59. The Kier molecular flexibility index (Phi) is 8.58. The second-order valence-corrected chi connectivity index (χ2v) is 9.78. The Morgan fingerprint density at radius 1 is 0.914 bits per heavy atom. The largest absolute Gasteiger partial charge is 0.497 e. The van der Waals surface area contributed by atoms with E-state index in [0.717, 1.165) is 35.5 Å². The highest BCUT2D eigenvalue weighted by atomic mass is 32.2. The SMILES string of the molecule is CC[C@@H](Sc1nnc(-c2ccc(OC)cc2)c(-c2ccc(OC)cc2)n1)C(=O)NC1CCCCC1. The van der Waals surface area contributed by atoms with Crippen LogP contribution in [0, 0.1) is 0 Å². The number of carbonyl (C=O) groups is 1. The third-order valence-corrected chi connectivity index (χ3v) is 7.47. The molecule has 8 heteroatoms. The number of aromatic nitrogens is 3. The smallest absolute Gasteiger partial charge is 0.233 e. The molecule has 7 nitrogen and oxygen atoms in total. The summed E-state index contributed by atoms with van der Waals surface area (Å²) < 4.78 is 10.6. The predicted octanol–water partition coefficient (Wildman–Crippen LogP) is 5.54. The molecule has 1 atom stereocenters. The lowest BCUT2D eigenvalue weighted by atomic mass is 9.95. The topological polar surface area (TPSA) is 86.2 Å². The van der Waals surface area contributed by atoms with Gasteiger partial charge < -0.3 is 14.8 Å². The summed E-state index contributed by atoms with van der Waals surface area (Å²) in [5, 5.41) is 12.4. The lowest BCUT2D eigenvalue weighted by Gasteiger charge is -2.24. The number of nitrogens with one attached hydrogen (secondary N) is 1. The molecule has 0 spiro atoms. The van der Waals surface area contributed by atoms with Crippen LogP contribution in [0.15, 0.2) is 53.7 Å². The lowest BCUT2D eigenvalue weighted by Crippen LogP contribution is -2.41. The average Bonchev–Trinajstić information content (AvgIpc) is 2.92. The van der Waals surface area contributed by atoms with E-state index in [1.165, 1.54) is 31.0 Å². The molecule has 1 aliphatic rings. The van der Waals surface area contributed by atoms with Crippen LogP contribution in [0.1, 0.15) is 45.4 Å². The van der Waals surface area contributed by atoms with E-state index >= 15 is 0 Å². The first-order chi connectivity index (χ1) is 17.1. The summed E-state index contributed by atoms with van der Waals surface area (Å²) >= 11 is 1.37. The molecule has 1 heterocycles. The second kappa shape index (κ2) is 12.0. The number of methoxy groups -OCH3 is 2. The number of carbonyl (C=O) groups excluding carboxylic acids is 1. The van der Waals surface area contributed by atoms with Crippen molar-refractivity contribution in [2.24, 2.45) is 0 Å². The van der Waals surface area contributed by atoms with Crippen molar-refractivity contribution in [3.05, 3.63) is 48.5 Å². The summed E-state index contributed by atoms with van der Waals surface area (Å²) in [7, 11) is 3.28. The van der Waals surface area contributed by atoms with E-state index in [0.29, 0.717) is 23.0 Å². The van der Waals surface area contributed by atoms with Crippen LogP contribution in [0.25, 0.3) is 22.5 Å². The van der Waals surface area contributed by atoms with E-state index in [9.17, 15) is 4.79 Å². The van der Waals surface area contributed by atoms with Gasteiger partial charge in [-0.2, -0.15) is 0 Å². The number of nitrogens with zero attached hydrogens (tertiary/aromatic N) is 3. The Hall–Kier alpha value is -3.13. The molecular formula is C27H32N4O3S. The fourth-order valence-corrected chi connectivity index (χ4v) is 5.07. The van der Waals surface area contributed by atoms with Gasteiger partial charge in [-0.1, -0.05) is 37.9 Å². The van der Waals surface area contributed by atoms with Gasteiger partial charge in [-0.3, -0.25) is 4.79 Å². The van der Waals surface area contributed by atoms with E-state index in [2.05, 4.69) is 15.5 Å². The van der Waals surface area contributed by atoms with Crippen LogP contribution in [0.2, 0.25) is 0 Å². The molecule has 0 aliphatic heterocycles. The van der Waals surface area contributed by atoms with Gasteiger partial charge >= 0.3 is 0 Å². The fourth-order valence-electron chi connectivity index (χ4n) is 4.25. The standard InChI is InChI=1S/C27H32N4O3S/c1-4-23(26(32)28-20-8-6-5-7-9-20)35-27-29-24(18-10-14-21(33-2)15-11-18)25(30-31-27)19-12-16-22(34-3)17-13-19/h10-17,20,23H,4-9H2,1-3H3,(H,28,32)/t23-/m1/s1. The number of benzene rings is 2. The minimum Gasteiger partial charge on any atom is -0.497 e. The van der Waals surface area contributed by atoms with Crippen molar-refractivity contribution < 1.29 is 14.3 Å². The van der Waals surface area contributed by atoms with Crippen molar-refractivity contribution in [1.82, 2.24) is 20.5 Å². The zero-order chi connectivity index (χ0) is 24.6. The van der Waals surface area contributed by atoms with Gasteiger partial charge in [0.1, 0.15) is 22.9 Å². The normalized spacial score (nSPS) is 14.8. The molecule has 184 valence electrons. The summed E-state index contributed by atoms with van der Waals surface area (Å²) in [6, 6.07) is 15.6. The van der Waals surface area contributed by atoms with Crippen molar-refractivity contribution >= 4 is 17.7 Å². The van der Waals surface area contributed by atoms with Crippen LogP contribution >= 0.6 is 11.8 Å². The number of ether oxygens (including phenoxy) is 2. The minimum atomic E-state index is -0.269. The van der Waals surface area contributed by atoms with Gasteiger partial charge in [0.15, 0.2) is 0 Å². The average molecular weight is 493 g/mol. The first kappa shape index (κ1) is 25.0. The van der Waals surface area contributed by atoms with Crippen LogP contribution in [0.4, 0.5) is 0 Å². The molecule has 1 N–H and O–H groups in total. The van der Waals surface area contributed by atoms with Crippen molar-refractivity contribution in [1.29, 1.82) is 0 Å². The van der Waals surface area contributed by atoms with Crippen molar-refractivity contribution in [2.45, 2.75) is 61.9 Å². The van der Waals surface area contributed by atoms with Crippen LogP contribution in [0.3, 0.4) is 0 Å². The van der Waals surface area contributed by atoms with Gasteiger partial charge in [-0.05, 0) is 67.8 Å². The molecule has 0 unspecified atom stereocenters. The summed E-state index contributed by atoms with van der Waals surface area (Å²) in [5.41, 5.74) is 3.16. The van der Waals surface area contributed by atoms with Crippen LogP contribution in [0.5, 0.6) is 11.5 Å². The van der Waals surface area contributed by atoms with Gasteiger partial charge in [0.05, 0.1) is 19.5 Å². The maximum Gasteiger partial charge on any atom is 0.233 e. The maximum atomic E-state index is 13.0. The molecule has 3 aromatic rings. The molecule has 1 fully saturated rings. The highest BCUT2D eigenvalue weighted by Gasteiger charge is 2.24. The van der Waals surface area contributed by atoms with E-state index in [1.54, 1.807) is 14.2 Å². The lowest BCUT2D eigenvalue weighted by molar-refractivity contribution is -0.121. The van der Waals surface area contributed by atoms with Gasteiger partial charge in [-0.15, -0.1) is 10.2 Å². The summed E-state index contributed by atoms with van der Waals surface area (Å²) in [4.78, 5) is 17.9. The third kappa shape index (κ3) is 6.31. The van der Waals surface area contributed by atoms with Crippen LogP contribution in [-0.4, -0.2) is 46.6 Å². The van der Waals surface area contributed by atoms with Crippen molar-refractivity contribution in [3.8, 4) is 34.0 Å². The number of hydrogen-bond donors (Lipinski definition) is 1. The molecule has 35 heavy (non-hydrogen) atoms. The summed E-state index contributed by atoms with van der Waals surface area (Å²) in [6.45, 7) is 2.02. The highest BCUT2D eigenvalue weighted by molar-refractivity contribution is 8.00. The fraction of sp³-hybridized carbons (Fsp3) is 0.407. The molecule has 1 aromatic heterocycles. The van der Waals surface area contributed by atoms with E-state index in [-0.39, 0.29) is 17.2 Å². The highest BCUT2D eigenvalue weighted by Crippen LogP contribution is 2.33. The molecule has 1 saturated carbocycles. The molecule has 1 amide bonds. The van der Waals surface area contributed by atoms with Gasteiger partial charge in [0, 0.05) is 17.2 Å². The van der Waals surface area contributed by atoms with E-state index in [1.807, 2.05) is 55.5 Å². The molecule has 2 aromatic carbocycles. The Bertz CT molecular complexity index is 1120. The third-order valence-electron chi connectivity index (χ3n) is 6.26.